The van der Waals surface area contributed by atoms with Gasteiger partial charge in [-0.2, -0.15) is 0 Å². The summed E-state index contributed by atoms with van der Waals surface area (Å²) in [6.45, 7) is 6.21. The van der Waals surface area contributed by atoms with Crippen LogP contribution in [0, 0.1) is 0 Å². The molecule has 1 unspecified atom stereocenters. The molecule has 0 radical (unpaired) electrons. The molecular formula is C19H29ClN4O3S. The van der Waals surface area contributed by atoms with Crippen molar-refractivity contribution in [3.63, 3.8) is 0 Å². The fourth-order valence-electron chi connectivity index (χ4n) is 3.30. The first kappa shape index (κ1) is 22.7. The summed E-state index contributed by atoms with van der Waals surface area (Å²) >= 11 is 7.13. The monoisotopic (exact) mass is 428 g/mol. The van der Waals surface area contributed by atoms with Crippen LogP contribution >= 0.6 is 23.4 Å². The Kier molecular flexibility index (Phi) is 9.31. The van der Waals surface area contributed by atoms with Crippen molar-refractivity contribution in [3.8, 4) is 0 Å². The van der Waals surface area contributed by atoms with Gasteiger partial charge in [0.2, 0.25) is 5.91 Å². The maximum atomic E-state index is 12.5. The van der Waals surface area contributed by atoms with Crippen LogP contribution in [0.4, 0.5) is 5.82 Å². The highest BCUT2D eigenvalue weighted by molar-refractivity contribution is 7.99. The average Bonchev–Trinajstić information content (AvgIpc) is 2.65. The van der Waals surface area contributed by atoms with Crippen LogP contribution in [0.2, 0.25) is 5.15 Å². The zero-order chi connectivity index (χ0) is 20.5. The Morgan fingerprint density at radius 1 is 1.25 bits per heavy atom. The highest BCUT2D eigenvalue weighted by atomic mass is 35.5. The number of carbonyl (C=O) groups excluding carboxylic acids is 1. The van der Waals surface area contributed by atoms with Crippen molar-refractivity contribution in [2.45, 2.75) is 63.6 Å². The molecule has 0 saturated carbocycles. The zero-order valence-electron chi connectivity index (χ0n) is 16.6. The van der Waals surface area contributed by atoms with Crippen molar-refractivity contribution >= 4 is 41.1 Å². The van der Waals surface area contributed by atoms with E-state index in [0.29, 0.717) is 37.0 Å². The van der Waals surface area contributed by atoms with Gasteiger partial charge in [-0.05, 0) is 13.3 Å². The van der Waals surface area contributed by atoms with Crippen LogP contribution in [0.3, 0.4) is 0 Å². The van der Waals surface area contributed by atoms with Crippen LogP contribution in [-0.4, -0.2) is 63.3 Å². The Morgan fingerprint density at radius 2 is 2.00 bits per heavy atom. The Balaban J connectivity index is 1.90. The average molecular weight is 429 g/mol. The number of carbonyl (C=O) groups is 2. The second-order valence-electron chi connectivity index (χ2n) is 7.06. The second-order valence-corrected chi connectivity index (χ2v) is 8.39. The summed E-state index contributed by atoms with van der Waals surface area (Å²) in [6.07, 6.45) is 6.32. The first-order valence-corrected chi connectivity index (χ1v) is 11.2. The van der Waals surface area contributed by atoms with Crippen molar-refractivity contribution in [1.82, 2.24) is 14.9 Å². The molecule has 0 aliphatic carbocycles. The van der Waals surface area contributed by atoms with Crippen LogP contribution in [-0.2, 0) is 9.59 Å². The van der Waals surface area contributed by atoms with Gasteiger partial charge < -0.3 is 14.9 Å². The maximum Gasteiger partial charge on any atom is 0.313 e. The fraction of sp³-hybridized carbons (Fsp3) is 0.684. The van der Waals surface area contributed by atoms with Crippen molar-refractivity contribution in [2.75, 3.05) is 30.3 Å². The van der Waals surface area contributed by atoms with E-state index in [-0.39, 0.29) is 22.9 Å². The standard InChI is InChI=1S/C19H29ClN4O3S/c1-3-4-5-6-7-8-17(25)24-10-9-23(12-14(24)2)16-11-15(20)21-19(22-16)28-13-18(26)27/h11,14H,3-10,12-13H2,1-2H3,(H,26,27). The van der Waals surface area contributed by atoms with Crippen LogP contribution < -0.4 is 4.90 Å². The summed E-state index contributed by atoms with van der Waals surface area (Å²) in [6, 6.07) is 1.77. The molecule has 0 spiro atoms. The molecule has 0 aromatic carbocycles. The molecule has 0 bridgehead atoms. The lowest BCUT2D eigenvalue weighted by molar-refractivity contribution is -0.134. The Bertz CT molecular complexity index is 677. The minimum atomic E-state index is -0.925. The molecule has 1 aliphatic heterocycles. The van der Waals surface area contributed by atoms with Crippen LogP contribution in [0.1, 0.15) is 52.4 Å². The maximum absolute atomic E-state index is 12.5. The molecule has 1 fully saturated rings. The molecule has 28 heavy (non-hydrogen) atoms. The minimum absolute atomic E-state index is 0.0840. The number of thioether (sulfide) groups is 1. The molecule has 7 nitrogen and oxygen atoms in total. The van der Waals surface area contributed by atoms with Gasteiger partial charge in [0.1, 0.15) is 11.0 Å². The Morgan fingerprint density at radius 3 is 2.68 bits per heavy atom. The van der Waals surface area contributed by atoms with Gasteiger partial charge in [0.05, 0.1) is 5.75 Å². The highest BCUT2D eigenvalue weighted by Gasteiger charge is 2.28. The summed E-state index contributed by atoms with van der Waals surface area (Å²) in [5.41, 5.74) is 0. The van der Waals surface area contributed by atoms with E-state index in [1.807, 2.05) is 11.8 Å². The van der Waals surface area contributed by atoms with E-state index in [2.05, 4.69) is 21.8 Å². The lowest BCUT2D eigenvalue weighted by Crippen LogP contribution is -2.54. The summed E-state index contributed by atoms with van der Waals surface area (Å²) in [5.74, 6) is -0.143. The smallest absolute Gasteiger partial charge is 0.313 e. The van der Waals surface area contributed by atoms with Crippen molar-refractivity contribution in [1.29, 1.82) is 0 Å². The number of piperazine rings is 1. The Labute approximate surface area is 175 Å². The first-order valence-electron chi connectivity index (χ1n) is 9.84. The van der Waals surface area contributed by atoms with Gasteiger partial charge in [-0.1, -0.05) is 56.0 Å². The number of nitrogens with zero attached hydrogens (tertiary/aromatic N) is 4. The third-order valence-corrected chi connectivity index (χ3v) is 5.78. The fourth-order valence-corrected chi connectivity index (χ4v) is 4.10. The molecule has 1 atom stereocenters. The van der Waals surface area contributed by atoms with Gasteiger partial charge in [-0.25, -0.2) is 9.97 Å². The summed E-state index contributed by atoms with van der Waals surface area (Å²) in [7, 11) is 0. The van der Waals surface area contributed by atoms with Gasteiger partial charge in [-0.3, -0.25) is 9.59 Å². The molecular weight excluding hydrogens is 400 g/mol. The topological polar surface area (TPSA) is 86.6 Å². The SMILES string of the molecule is CCCCCCCC(=O)N1CCN(c2cc(Cl)nc(SCC(=O)O)n2)CC1C. The molecule has 1 N–H and O–H groups in total. The van der Waals surface area contributed by atoms with Gasteiger partial charge in [-0.15, -0.1) is 0 Å². The minimum Gasteiger partial charge on any atom is -0.481 e. The number of rotatable bonds is 10. The van der Waals surface area contributed by atoms with Gasteiger partial charge in [0.15, 0.2) is 5.16 Å². The number of aliphatic carboxylic acids is 1. The van der Waals surface area contributed by atoms with E-state index in [0.717, 1.165) is 24.6 Å². The molecule has 156 valence electrons. The molecule has 1 aromatic rings. The molecule has 1 aliphatic rings. The van der Waals surface area contributed by atoms with Gasteiger partial charge in [0.25, 0.3) is 0 Å². The number of unbranched alkanes of at least 4 members (excludes halogenated alkanes) is 4. The third-order valence-electron chi connectivity index (χ3n) is 4.75. The quantitative estimate of drug-likeness (QED) is 0.263. The molecule has 2 rings (SSSR count). The van der Waals surface area contributed by atoms with E-state index in [1.165, 1.54) is 19.3 Å². The molecule has 1 aromatic heterocycles. The largest absolute Gasteiger partial charge is 0.481 e. The lowest BCUT2D eigenvalue weighted by Gasteiger charge is -2.40. The number of halogens is 1. The van der Waals surface area contributed by atoms with E-state index < -0.39 is 5.97 Å². The second kappa shape index (κ2) is 11.5. The number of hydrogen-bond donors (Lipinski definition) is 1. The Hall–Kier alpha value is -1.54. The highest BCUT2D eigenvalue weighted by Crippen LogP contribution is 2.24. The summed E-state index contributed by atoms with van der Waals surface area (Å²) in [5, 5.41) is 9.46. The van der Waals surface area contributed by atoms with Gasteiger partial charge in [0, 0.05) is 38.2 Å². The molecule has 1 amide bonds. The zero-order valence-corrected chi connectivity index (χ0v) is 18.1. The lowest BCUT2D eigenvalue weighted by atomic mass is 10.1. The predicted octanol–water partition coefficient (Wildman–Crippen LogP) is 3.70. The van der Waals surface area contributed by atoms with Crippen LogP contribution in [0.5, 0.6) is 0 Å². The molecule has 1 saturated heterocycles. The predicted molar refractivity (Wildman–Crippen MR) is 112 cm³/mol. The van der Waals surface area contributed by atoms with Crippen molar-refractivity contribution in [2.24, 2.45) is 0 Å². The van der Waals surface area contributed by atoms with E-state index >= 15 is 0 Å². The van der Waals surface area contributed by atoms with Gasteiger partial charge >= 0.3 is 5.97 Å². The number of amides is 1. The van der Waals surface area contributed by atoms with Crippen molar-refractivity contribution < 1.29 is 14.7 Å². The molecule has 9 heteroatoms. The number of hydrogen-bond acceptors (Lipinski definition) is 6. The van der Waals surface area contributed by atoms with Crippen LogP contribution in [0.15, 0.2) is 11.2 Å². The number of anilines is 1. The first-order chi connectivity index (χ1) is 13.4. The van der Waals surface area contributed by atoms with Crippen molar-refractivity contribution in [3.05, 3.63) is 11.2 Å². The van der Waals surface area contributed by atoms with E-state index in [4.69, 9.17) is 16.7 Å². The number of carboxylic acid groups (broad SMARTS) is 1. The van der Waals surface area contributed by atoms with Crippen LogP contribution in [0.25, 0.3) is 0 Å². The summed E-state index contributed by atoms with van der Waals surface area (Å²) in [4.78, 5) is 35.9. The normalized spacial score (nSPS) is 17.0. The third kappa shape index (κ3) is 7.13. The number of carboxylic acids is 1. The van der Waals surface area contributed by atoms with E-state index in [1.54, 1.807) is 6.07 Å². The van der Waals surface area contributed by atoms with E-state index in [9.17, 15) is 9.59 Å². The molecule has 2 heterocycles. The number of aromatic nitrogens is 2. The summed E-state index contributed by atoms with van der Waals surface area (Å²) < 4.78 is 0.